The fraction of sp³-hybridized carbons (Fsp3) is 0.278. The topological polar surface area (TPSA) is 200 Å². The van der Waals surface area contributed by atoms with Gasteiger partial charge in [0, 0.05) is 79.8 Å². The molecule has 272 valence electrons. The first-order valence-corrected chi connectivity index (χ1v) is 16.3. The summed E-state index contributed by atoms with van der Waals surface area (Å²) in [4.78, 5) is 54.1. The van der Waals surface area contributed by atoms with Gasteiger partial charge in [-0.15, -0.1) is 0 Å². The van der Waals surface area contributed by atoms with E-state index in [4.69, 9.17) is 30.5 Å². The summed E-state index contributed by atoms with van der Waals surface area (Å²) in [6, 6.07) is 13.0. The Hall–Kier alpha value is -6.09. The van der Waals surface area contributed by atoms with Crippen LogP contribution in [0, 0.1) is 30.3 Å². The molecule has 3 aliphatic heterocycles. The van der Waals surface area contributed by atoms with Crippen LogP contribution in [0.25, 0.3) is 0 Å². The minimum Gasteiger partial charge on any atom is -0.462 e. The molecule has 0 spiro atoms. The number of nitro groups is 3. The number of cyclic esters (lactones) is 1. The van der Waals surface area contributed by atoms with Crippen LogP contribution in [0.4, 0.5) is 17.1 Å². The van der Waals surface area contributed by atoms with E-state index in [1.54, 1.807) is 24.3 Å². The summed E-state index contributed by atoms with van der Waals surface area (Å²) in [5.41, 5.74) is 1.74. The van der Waals surface area contributed by atoms with E-state index in [1.165, 1.54) is 38.1 Å². The lowest BCUT2D eigenvalue weighted by Crippen LogP contribution is -2.34. The number of nitro benzene ring substituents is 3. The molecule has 0 aliphatic carbocycles. The summed E-state index contributed by atoms with van der Waals surface area (Å²) in [6.45, 7) is 7.09. The lowest BCUT2D eigenvalue weighted by Gasteiger charge is -2.30. The van der Waals surface area contributed by atoms with E-state index < -0.39 is 22.5 Å². The van der Waals surface area contributed by atoms with Crippen LogP contribution < -0.4 is 9.47 Å². The van der Waals surface area contributed by atoms with Crippen molar-refractivity contribution in [2.45, 2.75) is 65.6 Å². The van der Waals surface area contributed by atoms with Crippen molar-refractivity contribution in [3.63, 3.8) is 0 Å². The first-order valence-electron chi connectivity index (χ1n) is 16.0. The number of carbonyl (C=O) groups is 2. The van der Waals surface area contributed by atoms with Crippen molar-refractivity contribution >= 4 is 40.4 Å². The highest BCUT2D eigenvalue weighted by atomic mass is 35.5. The maximum Gasteiger partial charge on any atom is 0.337 e. The molecular weight excluding hydrogens is 702 g/mol. The number of hydrogen-bond acceptors (Lipinski definition) is 12. The normalized spacial score (nSPS) is 14.9. The molecule has 52 heavy (non-hydrogen) atoms. The number of esters is 1. The van der Waals surface area contributed by atoms with Crippen LogP contribution in [0.5, 0.6) is 11.5 Å². The van der Waals surface area contributed by atoms with Gasteiger partial charge in [-0.1, -0.05) is 25.4 Å². The van der Waals surface area contributed by atoms with Gasteiger partial charge in [0.2, 0.25) is 5.79 Å². The van der Waals surface area contributed by atoms with Crippen molar-refractivity contribution in [3.8, 4) is 11.5 Å². The number of ether oxygens (including phenoxy) is 4. The summed E-state index contributed by atoms with van der Waals surface area (Å²) >= 11 is 5.90. The number of non-ortho nitro benzene ring substituents is 3. The molecule has 16 heteroatoms. The molecule has 0 atom stereocenters. The van der Waals surface area contributed by atoms with Gasteiger partial charge in [0.25, 0.3) is 17.1 Å². The number of rotatable bonds is 8. The molecule has 0 N–H and O–H groups in total. The fourth-order valence-corrected chi connectivity index (χ4v) is 5.30. The molecule has 15 nitrogen and oxygen atoms in total. The first kappa shape index (κ1) is 38.7. The van der Waals surface area contributed by atoms with Gasteiger partial charge >= 0.3 is 5.97 Å². The average Bonchev–Trinajstić information content (AvgIpc) is 3.10. The van der Waals surface area contributed by atoms with Crippen LogP contribution in [-0.4, -0.2) is 32.3 Å². The highest BCUT2D eigenvalue weighted by molar-refractivity contribution is 6.34. The van der Waals surface area contributed by atoms with Gasteiger partial charge in [0.1, 0.15) is 28.8 Å². The summed E-state index contributed by atoms with van der Waals surface area (Å²) in [5.74, 6) is 1.16. The van der Waals surface area contributed by atoms with Gasteiger partial charge in [-0.3, -0.25) is 35.1 Å². The third-order valence-corrected chi connectivity index (χ3v) is 7.92. The standard InChI is InChI=1S/C14H12ClNO6.2C11H11NO3/c1-14(2)21-9(7-13(18)22-14)6-12(17)10-5-8(16(19)20)3-4-11(10)15;2*1-2-10-5-3-8-7-9(12(13)14)4-6-11(8)15-10/h3-5,7H,6H2,1-2H3;2*4-7H,2-3H2,1H3. The smallest absolute Gasteiger partial charge is 0.337 e. The molecule has 0 amide bonds. The van der Waals surface area contributed by atoms with Gasteiger partial charge in [0.05, 0.1) is 32.3 Å². The largest absolute Gasteiger partial charge is 0.462 e. The Morgan fingerprint density at radius 3 is 1.63 bits per heavy atom. The molecule has 6 rings (SSSR count). The second kappa shape index (κ2) is 16.7. The number of hydrogen-bond donors (Lipinski definition) is 0. The molecule has 0 saturated heterocycles. The number of nitrogens with zero attached hydrogens (tertiary/aromatic N) is 3. The predicted molar refractivity (Wildman–Crippen MR) is 188 cm³/mol. The van der Waals surface area contributed by atoms with E-state index in [9.17, 15) is 39.9 Å². The van der Waals surface area contributed by atoms with E-state index in [-0.39, 0.29) is 49.7 Å². The Balaban J connectivity index is 0.000000179. The number of Topliss-reactive ketones (excluding diaryl/α,β-unsaturated/α-hetero) is 1. The molecular formula is C36H34ClN3O12. The van der Waals surface area contributed by atoms with Gasteiger partial charge in [-0.25, -0.2) is 4.79 Å². The van der Waals surface area contributed by atoms with Gasteiger partial charge in [0.15, 0.2) is 5.78 Å². The first-order chi connectivity index (χ1) is 24.6. The molecule has 0 aromatic heterocycles. The summed E-state index contributed by atoms with van der Waals surface area (Å²) in [5, 5.41) is 32.0. The third-order valence-electron chi connectivity index (χ3n) is 7.59. The van der Waals surface area contributed by atoms with E-state index in [2.05, 4.69) is 0 Å². The number of allylic oxidation sites excluding steroid dienone is 5. The number of carbonyl (C=O) groups excluding carboxylic acids is 2. The molecule has 0 saturated carbocycles. The van der Waals surface area contributed by atoms with Gasteiger partial charge < -0.3 is 18.9 Å². The Kier molecular flexibility index (Phi) is 12.5. The Bertz CT molecular complexity index is 1940. The number of benzene rings is 3. The van der Waals surface area contributed by atoms with Crippen LogP contribution in [0.3, 0.4) is 0 Å². The van der Waals surface area contributed by atoms with Gasteiger partial charge in [-0.2, -0.15) is 0 Å². The number of ketones is 1. The number of halogens is 1. The monoisotopic (exact) mass is 735 g/mol. The molecule has 0 fully saturated rings. The zero-order valence-electron chi connectivity index (χ0n) is 28.6. The maximum atomic E-state index is 12.2. The highest BCUT2D eigenvalue weighted by Gasteiger charge is 2.31. The maximum absolute atomic E-state index is 12.2. The lowest BCUT2D eigenvalue weighted by atomic mass is 10.1. The van der Waals surface area contributed by atoms with Crippen LogP contribution in [-0.2, 0) is 27.1 Å². The second-order valence-corrected chi connectivity index (χ2v) is 12.2. The highest BCUT2D eigenvalue weighted by Crippen LogP contribution is 2.32. The molecule has 0 bridgehead atoms. The van der Waals surface area contributed by atoms with E-state index >= 15 is 0 Å². The van der Waals surface area contributed by atoms with Crippen molar-refractivity contribution in [1.82, 2.24) is 0 Å². The molecule has 3 aliphatic rings. The van der Waals surface area contributed by atoms with Crippen LogP contribution in [0.1, 0.15) is 68.4 Å². The second-order valence-electron chi connectivity index (χ2n) is 11.8. The van der Waals surface area contributed by atoms with Crippen LogP contribution in [0.2, 0.25) is 5.02 Å². The molecule has 0 radical (unpaired) electrons. The summed E-state index contributed by atoms with van der Waals surface area (Å²) < 4.78 is 21.4. The van der Waals surface area contributed by atoms with Crippen molar-refractivity contribution in [2.75, 3.05) is 0 Å². The summed E-state index contributed by atoms with van der Waals surface area (Å²) in [6.07, 6.45) is 7.85. The fourth-order valence-electron chi connectivity index (χ4n) is 5.07. The van der Waals surface area contributed by atoms with Crippen molar-refractivity contribution < 1.29 is 43.3 Å². The minimum atomic E-state index is -1.17. The summed E-state index contributed by atoms with van der Waals surface area (Å²) in [7, 11) is 0. The van der Waals surface area contributed by atoms with Crippen LogP contribution in [0.15, 0.2) is 90.1 Å². The molecule has 3 aromatic carbocycles. The van der Waals surface area contributed by atoms with Crippen LogP contribution >= 0.6 is 11.6 Å². The van der Waals surface area contributed by atoms with E-state index in [0.29, 0.717) is 12.8 Å². The lowest BCUT2D eigenvalue weighted by molar-refractivity contribution is -0.385. The van der Waals surface area contributed by atoms with Crippen molar-refractivity contribution in [2.24, 2.45) is 0 Å². The van der Waals surface area contributed by atoms with Gasteiger partial charge in [-0.05, 0) is 43.2 Å². The molecule has 3 aromatic rings. The minimum absolute atomic E-state index is 0.00267. The van der Waals surface area contributed by atoms with E-state index in [1.807, 2.05) is 26.0 Å². The predicted octanol–water partition coefficient (Wildman–Crippen LogP) is 8.66. The Labute approximate surface area is 302 Å². The quantitative estimate of drug-likeness (QED) is 0.0923. The zero-order valence-corrected chi connectivity index (χ0v) is 29.3. The van der Waals surface area contributed by atoms with E-state index in [0.717, 1.165) is 59.1 Å². The zero-order chi connectivity index (χ0) is 38.2. The van der Waals surface area contributed by atoms with Crippen molar-refractivity contribution in [3.05, 3.63) is 142 Å². The number of fused-ring (bicyclic) bond motifs is 2. The SMILES string of the molecule is CC1(C)OC(=O)C=C(CC(=O)c2cc([N+](=O)[O-])ccc2Cl)O1.CCC1=CCc2cc([N+](=O)[O-])ccc2O1.CCC1=CCc2cc([N+](=O)[O-])ccc2O1. The molecule has 0 unspecified atom stereocenters. The Morgan fingerprint density at radius 2 is 1.19 bits per heavy atom. The third kappa shape index (κ3) is 10.2. The van der Waals surface area contributed by atoms with Crippen molar-refractivity contribution in [1.29, 1.82) is 0 Å². The average molecular weight is 736 g/mol. The Morgan fingerprint density at radius 1 is 0.731 bits per heavy atom. The molecule has 3 heterocycles.